The molecule has 1 N–H and O–H groups in total. The average Bonchev–Trinajstić information content (AvgIpc) is 2.54. The van der Waals surface area contributed by atoms with E-state index in [0.29, 0.717) is 35.8 Å². The number of para-hydroxylation sites is 1. The third-order valence-electron chi connectivity index (χ3n) is 3.00. The Bertz CT molecular complexity index is 629. The first-order chi connectivity index (χ1) is 10.3. The van der Waals surface area contributed by atoms with Crippen molar-refractivity contribution < 1.29 is 14.6 Å². The fraction of sp³-hybridized carbons (Fsp3) is 0.235. The van der Waals surface area contributed by atoms with E-state index in [-0.39, 0.29) is 6.61 Å². The van der Waals surface area contributed by atoms with Crippen LogP contribution in [0.4, 0.5) is 0 Å². The van der Waals surface area contributed by atoms with Crippen LogP contribution in [0.3, 0.4) is 0 Å². The van der Waals surface area contributed by atoms with E-state index in [1.54, 1.807) is 18.2 Å². The lowest BCUT2D eigenvalue weighted by Crippen LogP contribution is -2.02. The van der Waals surface area contributed by atoms with Gasteiger partial charge in [-0.15, -0.1) is 0 Å². The van der Waals surface area contributed by atoms with Crippen molar-refractivity contribution in [2.75, 3.05) is 6.61 Å². The summed E-state index contributed by atoms with van der Waals surface area (Å²) in [7, 11) is 0. The highest BCUT2D eigenvalue weighted by atomic mass is 16.5. The highest BCUT2D eigenvalue weighted by molar-refractivity contribution is 5.46. The zero-order valence-corrected chi connectivity index (χ0v) is 11.9. The summed E-state index contributed by atoms with van der Waals surface area (Å²) in [5.74, 6) is 1.18. The van der Waals surface area contributed by atoms with Crippen LogP contribution < -0.4 is 9.47 Å². The van der Waals surface area contributed by atoms with E-state index in [1.807, 2.05) is 31.2 Å². The molecule has 0 aliphatic heterocycles. The Labute approximate surface area is 124 Å². The standard InChI is InChI=1S/C17H17NO3/c1-2-20-16-5-3-4-15(11-19)17(16)21-12-14-8-6-13(10-18)7-9-14/h3-9,19H,2,11-12H2,1H3. The molecule has 0 spiro atoms. The molecule has 0 radical (unpaired) electrons. The van der Waals surface area contributed by atoms with Gasteiger partial charge in [-0.3, -0.25) is 0 Å². The van der Waals surface area contributed by atoms with Crippen LogP contribution in [-0.4, -0.2) is 11.7 Å². The lowest BCUT2D eigenvalue weighted by molar-refractivity contribution is 0.243. The van der Waals surface area contributed by atoms with Crippen LogP contribution in [0.1, 0.15) is 23.6 Å². The van der Waals surface area contributed by atoms with Crippen LogP contribution in [-0.2, 0) is 13.2 Å². The number of aliphatic hydroxyl groups is 1. The molecule has 2 aromatic rings. The topological polar surface area (TPSA) is 62.5 Å². The fourth-order valence-corrected chi connectivity index (χ4v) is 1.95. The molecule has 2 rings (SSSR count). The lowest BCUT2D eigenvalue weighted by atomic mass is 10.1. The molecular formula is C17H17NO3. The molecule has 0 saturated carbocycles. The maximum atomic E-state index is 9.41. The van der Waals surface area contributed by atoms with Crippen LogP contribution in [0.2, 0.25) is 0 Å². The predicted molar refractivity (Wildman–Crippen MR) is 79.0 cm³/mol. The molecule has 0 saturated heterocycles. The van der Waals surface area contributed by atoms with Gasteiger partial charge in [0, 0.05) is 5.56 Å². The van der Waals surface area contributed by atoms with Gasteiger partial charge in [-0.25, -0.2) is 0 Å². The van der Waals surface area contributed by atoms with Gasteiger partial charge in [0.1, 0.15) is 6.61 Å². The summed E-state index contributed by atoms with van der Waals surface area (Å²) >= 11 is 0. The van der Waals surface area contributed by atoms with E-state index < -0.39 is 0 Å². The Morgan fingerprint density at radius 1 is 1.10 bits per heavy atom. The minimum Gasteiger partial charge on any atom is -0.490 e. The Morgan fingerprint density at radius 3 is 2.48 bits per heavy atom. The SMILES string of the molecule is CCOc1cccc(CO)c1OCc1ccc(C#N)cc1. The summed E-state index contributed by atoms with van der Waals surface area (Å²) in [5, 5.41) is 18.2. The number of rotatable bonds is 6. The first-order valence-electron chi connectivity index (χ1n) is 6.76. The summed E-state index contributed by atoms with van der Waals surface area (Å²) in [6.07, 6.45) is 0. The van der Waals surface area contributed by atoms with Gasteiger partial charge in [0.25, 0.3) is 0 Å². The van der Waals surface area contributed by atoms with Gasteiger partial charge in [-0.05, 0) is 30.7 Å². The number of nitrogens with zero attached hydrogens (tertiary/aromatic N) is 1. The number of nitriles is 1. The van der Waals surface area contributed by atoms with Gasteiger partial charge in [0.15, 0.2) is 11.5 Å². The molecule has 0 bridgehead atoms. The van der Waals surface area contributed by atoms with Gasteiger partial charge < -0.3 is 14.6 Å². The Hall–Kier alpha value is -2.51. The highest BCUT2D eigenvalue weighted by Crippen LogP contribution is 2.32. The molecule has 4 heteroatoms. The molecule has 0 aliphatic carbocycles. The summed E-state index contributed by atoms with van der Waals surface area (Å²) in [6.45, 7) is 2.67. The summed E-state index contributed by atoms with van der Waals surface area (Å²) in [4.78, 5) is 0. The van der Waals surface area contributed by atoms with Gasteiger partial charge in [0.05, 0.1) is 24.8 Å². The van der Waals surface area contributed by atoms with Gasteiger partial charge in [-0.2, -0.15) is 5.26 Å². The van der Waals surface area contributed by atoms with Crippen molar-refractivity contribution in [1.29, 1.82) is 5.26 Å². The number of hydrogen-bond acceptors (Lipinski definition) is 4. The molecular weight excluding hydrogens is 266 g/mol. The number of hydrogen-bond donors (Lipinski definition) is 1. The first-order valence-corrected chi connectivity index (χ1v) is 6.76. The van der Waals surface area contributed by atoms with E-state index >= 15 is 0 Å². The zero-order chi connectivity index (χ0) is 15.1. The molecule has 21 heavy (non-hydrogen) atoms. The Morgan fingerprint density at radius 2 is 1.86 bits per heavy atom. The second-order valence-electron chi connectivity index (χ2n) is 4.43. The van der Waals surface area contributed by atoms with Crippen molar-refractivity contribution in [3.8, 4) is 17.6 Å². The molecule has 4 nitrogen and oxygen atoms in total. The molecule has 0 atom stereocenters. The minimum atomic E-state index is -0.108. The van der Waals surface area contributed by atoms with Crippen molar-refractivity contribution in [3.05, 3.63) is 59.2 Å². The van der Waals surface area contributed by atoms with Crippen LogP contribution in [0, 0.1) is 11.3 Å². The third-order valence-corrected chi connectivity index (χ3v) is 3.00. The molecule has 0 amide bonds. The van der Waals surface area contributed by atoms with Crippen molar-refractivity contribution in [3.63, 3.8) is 0 Å². The van der Waals surface area contributed by atoms with Crippen molar-refractivity contribution in [2.24, 2.45) is 0 Å². The van der Waals surface area contributed by atoms with E-state index in [1.165, 1.54) is 0 Å². The van der Waals surface area contributed by atoms with Crippen LogP contribution in [0.5, 0.6) is 11.5 Å². The summed E-state index contributed by atoms with van der Waals surface area (Å²) in [5.41, 5.74) is 2.25. The van der Waals surface area contributed by atoms with E-state index in [0.717, 1.165) is 5.56 Å². The zero-order valence-electron chi connectivity index (χ0n) is 11.9. The smallest absolute Gasteiger partial charge is 0.167 e. The quantitative estimate of drug-likeness (QED) is 0.885. The summed E-state index contributed by atoms with van der Waals surface area (Å²) in [6, 6.07) is 14.7. The van der Waals surface area contributed by atoms with Gasteiger partial charge >= 0.3 is 0 Å². The monoisotopic (exact) mass is 283 g/mol. The summed E-state index contributed by atoms with van der Waals surface area (Å²) < 4.78 is 11.3. The number of ether oxygens (including phenoxy) is 2. The predicted octanol–water partition coefficient (Wildman–Crippen LogP) is 3.03. The molecule has 2 aromatic carbocycles. The maximum absolute atomic E-state index is 9.41. The molecule has 0 fully saturated rings. The van der Waals surface area contributed by atoms with Crippen molar-refractivity contribution in [1.82, 2.24) is 0 Å². The van der Waals surface area contributed by atoms with E-state index in [4.69, 9.17) is 14.7 Å². The minimum absolute atomic E-state index is 0.108. The molecule has 108 valence electrons. The Balaban J connectivity index is 2.16. The molecule has 0 heterocycles. The lowest BCUT2D eigenvalue weighted by Gasteiger charge is -2.15. The third kappa shape index (κ3) is 3.74. The number of benzene rings is 2. The van der Waals surface area contributed by atoms with E-state index in [2.05, 4.69) is 6.07 Å². The second-order valence-corrected chi connectivity index (χ2v) is 4.43. The van der Waals surface area contributed by atoms with Crippen LogP contribution in [0.25, 0.3) is 0 Å². The van der Waals surface area contributed by atoms with Gasteiger partial charge in [-0.1, -0.05) is 24.3 Å². The maximum Gasteiger partial charge on any atom is 0.167 e. The largest absolute Gasteiger partial charge is 0.490 e. The van der Waals surface area contributed by atoms with Crippen LogP contribution in [0.15, 0.2) is 42.5 Å². The second kappa shape index (κ2) is 7.32. The highest BCUT2D eigenvalue weighted by Gasteiger charge is 2.10. The average molecular weight is 283 g/mol. The van der Waals surface area contributed by atoms with Crippen LogP contribution >= 0.6 is 0 Å². The molecule has 0 aromatic heterocycles. The number of aliphatic hydroxyl groups excluding tert-OH is 1. The molecule has 0 unspecified atom stereocenters. The van der Waals surface area contributed by atoms with Crippen molar-refractivity contribution in [2.45, 2.75) is 20.1 Å². The Kier molecular flexibility index (Phi) is 5.19. The van der Waals surface area contributed by atoms with Crippen molar-refractivity contribution >= 4 is 0 Å². The van der Waals surface area contributed by atoms with E-state index in [9.17, 15) is 5.11 Å². The molecule has 0 aliphatic rings. The first kappa shape index (κ1) is 14.9. The fourth-order valence-electron chi connectivity index (χ4n) is 1.95. The normalized spacial score (nSPS) is 9.95. The van der Waals surface area contributed by atoms with Gasteiger partial charge in [0.2, 0.25) is 0 Å².